The summed E-state index contributed by atoms with van der Waals surface area (Å²) in [6.45, 7) is 10.7. The first-order valence-electron chi connectivity index (χ1n) is 16.0. The zero-order chi connectivity index (χ0) is 38.1. The number of carbonyl (C=O) groups is 7. The Morgan fingerprint density at radius 1 is 0.725 bits per heavy atom. The van der Waals surface area contributed by atoms with Gasteiger partial charge in [-0.1, -0.05) is 6.08 Å². The lowest BCUT2D eigenvalue weighted by Gasteiger charge is -2.51. The van der Waals surface area contributed by atoms with Crippen LogP contribution in [0.4, 0.5) is 0 Å². The van der Waals surface area contributed by atoms with Crippen molar-refractivity contribution >= 4 is 41.5 Å². The summed E-state index contributed by atoms with van der Waals surface area (Å²) in [5.41, 5.74) is 0.216. The topological polar surface area (TPSA) is 231 Å². The van der Waals surface area contributed by atoms with E-state index >= 15 is 0 Å². The zero-order valence-electron chi connectivity index (χ0n) is 29.2. The number of aliphatic hydroxyl groups is 2. The maximum absolute atomic E-state index is 13.7. The van der Waals surface area contributed by atoms with Gasteiger partial charge in [-0.2, -0.15) is 0 Å². The van der Waals surface area contributed by atoms with Gasteiger partial charge in [0.2, 0.25) is 0 Å². The first-order valence-corrected chi connectivity index (χ1v) is 16.0. The van der Waals surface area contributed by atoms with Gasteiger partial charge < -0.3 is 43.4 Å². The van der Waals surface area contributed by atoms with E-state index < -0.39 is 116 Å². The molecule has 2 fully saturated rings. The molecular weight excluding hydrogens is 680 g/mol. The predicted molar refractivity (Wildman–Crippen MR) is 167 cm³/mol. The van der Waals surface area contributed by atoms with E-state index in [9.17, 15) is 43.8 Å². The number of imide groups is 2. The number of rotatable bonds is 12. The molecule has 18 heteroatoms. The number of carbonyl (C=O) groups excluding carboxylic acids is 7. The van der Waals surface area contributed by atoms with E-state index in [-0.39, 0.29) is 28.9 Å². The van der Waals surface area contributed by atoms with Crippen LogP contribution in [-0.4, -0.2) is 143 Å². The molecule has 0 unspecified atom stereocenters. The lowest BCUT2D eigenvalue weighted by atomic mass is 9.92. The van der Waals surface area contributed by atoms with Gasteiger partial charge >= 0.3 is 17.9 Å². The third kappa shape index (κ3) is 7.65. The van der Waals surface area contributed by atoms with Crippen LogP contribution in [0, 0.1) is 0 Å². The molecule has 0 aromatic heterocycles. The zero-order valence-corrected chi connectivity index (χ0v) is 29.2. The van der Waals surface area contributed by atoms with Crippen molar-refractivity contribution in [3.63, 3.8) is 0 Å². The minimum atomic E-state index is -1.92. The molecule has 0 aromatic carbocycles. The van der Waals surface area contributed by atoms with Crippen molar-refractivity contribution in [2.45, 2.75) is 110 Å². The highest BCUT2D eigenvalue weighted by atomic mass is 16.7. The summed E-state index contributed by atoms with van der Waals surface area (Å²) >= 11 is 0. The molecule has 0 bridgehead atoms. The molecule has 4 amide bonds. The van der Waals surface area contributed by atoms with Crippen LogP contribution in [0.15, 0.2) is 34.9 Å². The number of hydrogen-bond acceptors (Lipinski definition) is 16. The van der Waals surface area contributed by atoms with Crippen LogP contribution in [0.2, 0.25) is 0 Å². The molecule has 0 aliphatic carbocycles. The first-order chi connectivity index (χ1) is 24.0. The largest absolute Gasteiger partial charge is 0.463 e. The fourth-order valence-corrected chi connectivity index (χ4v) is 6.30. The SMILES string of the molecule is C=CCO[C@@H]1O[C@H](CO)[C@@H](O)[C@H](O[C@@H]2O[C@H](COC(C)=O)[C@@H](OC(C)=O)[C@H](OC(C)=O)[C@H]2N2C(=O)C(C)=C(C)C2=O)[C@H]1N1C(=O)C(C)=C(C)C1=O. The molecule has 4 rings (SSSR count). The van der Waals surface area contributed by atoms with Crippen LogP contribution in [0.3, 0.4) is 0 Å². The highest BCUT2D eigenvalue weighted by Gasteiger charge is 2.60. The van der Waals surface area contributed by atoms with Crippen LogP contribution < -0.4 is 0 Å². The highest BCUT2D eigenvalue weighted by molar-refractivity contribution is 6.19. The Morgan fingerprint density at radius 3 is 1.61 bits per heavy atom. The summed E-state index contributed by atoms with van der Waals surface area (Å²) < 4.78 is 40.4. The quantitative estimate of drug-likeness (QED) is 0.106. The van der Waals surface area contributed by atoms with Gasteiger partial charge in [-0.15, -0.1) is 6.58 Å². The summed E-state index contributed by atoms with van der Waals surface area (Å²) in [5.74, 6) is -5.85. The van der Waals surface area contributed by atoms with Crippen molar-refractivity contribution in [2.75, 3.05) is 19.8 Å². The van der Waals surface area contributed by atoms with Crippen LogP contribution in [0.1, 0.15) is 48.5 Å². The van der Waals surface area contributed by atoms with E-state index in [2.05, 4.69) is 6.58 Å². The van der Waals surface area contributed by atoms with Gasteiger partial charge in [-0.3, -0.25) is 43.4 Å². The summed E-state index contributed by atoms with van der Waals surface area (Å²) in [6.07, 6.45) is -12.0. The molecule has 0 spiro atoms. The number of amides is 4. The minimum absolute atomic E-state index is 0.0268. The Kier molecular flexibility index (Phi) is 12.3. The van der Waals surface area contributed by atoms with E-state index in [0.29, 0.717) is 4.90 Å². The molecule has 0 aromatic rings. The van der Waals surface area contributed by atoms with Crippen molar-refractivity contribution in [3.8, 4) is 0 Å². The summed E-state index contributed by atoms with van der Waals surface area (Å²) in [4.78, 5) is 92.7. The van der Waals surface area contributed by atoms with Gasteiger partial charge in [0.25, 0.3) is 23.6 Å². The van der Waals surface area contributed by atoms with E-state index in [1.807, 2.05) is 0 Å². The average Bonchev–Trinajstić information content (AvgIpc) is 3.37. The summed E-state index contributed by atoms with van der Waals surface area (Å²) in [6, 6.07) is -3.36. The summed E-state index contributed by atoms with van der Waals surface area (Å²) in [7, 11) is 0. The Balaban J connectivity index is 1.92. The van der Waals surface area contributed by atoms with Gasteiger partial charge in [0.05, 0.1) is 13.2 Å². The lowest BCUT2D eigenvalue weighted by Crippen LogP contribution is -2.71. The monoisotopic (exact) mass is 722 g/mol. The van der Waals surface area contributed by atoms with Gasteiger partial charge in [0.15, 0.2) is 24.8 Å². The van der Waals surface area contributed by atoms with E-state index in [4.69, 9.17) is 33.2 Å². The van der Waals surface area contributed by atoms with Crippen molar-refractivity contribution < 1.29 is 76.9 Å². The molecule has 0 radical (unpaired) electrons. The average molecular weight is 723 g/mol. The molecule has 2 saturated heterocycles. The van der Waals surface area contributed by atoms with Crippen molar-refractivity contribution in [1.82, 2.24) is 9.80 Å². The fourth-order valence-electron chi connectivity index (χ4n) is 6.30. The Labute approximate surface area is 292 Å². The predicted octanol–water partition coefficient (Wildman–Crippen LogP) is -1.05. The van der Waals surface area contributed by atoms with Gasteiger partial charge in [0, 0.05) is 43.1 Å². The number of nitrogens with zero attached hydrogens (tertiary/aromatic N) is 2. The molecule has 18 nitrogen and oxygen atoms in total. The Hall–Kier alpha value is -4.33. The Bertz CT molecular complexity index is 1500. The van der Waals surface area contributed by atoms with Crippen molar-refractivity contribution in [2.24, 2.45) is 0 Å². The molecule has 10 atom stereocenters. The number of esters is 3. The summed E-state index contributed by atoms with van der Waals surface area (Å²) in [5, 5.41) is 21.8. The third-order valence-electron chi connectivity index (χ3n) is 9.04. The molecular formula is C33H42N2O16. The molecule has 2 N–H and O–H groups in total. The lowest BCUT2D eigenvalue weighted by molar-refractivity contribution is -0.340. The minimum Gasteiger partial charge on any atom is -0.463 e. The molecule has 4 heterocycles. The van der Waals surface area contributed by atoms with Crippen LogP contribution in [0.25, 0.3) is 0 Å². The number of hydrogen-bond donors (Lipinski definition) is 2. The van der Waals surface area contributed by atoms with Crippen molar-refractivity contribution in [1.29, 1.82) is 0 Å². The van der Waals surface area contributed by atoms with Gasteiger partial charge in [0.1, 0.15) is 43.1 Å². The number of aliphatic hydroxyl groups excluding tert-OH is 2. The standard InChI is InChI=1S/C33H42N2O16/c1-9-10-45-32-22(34-28(41)13(2)14(3)29(34)42)26(24(40)20(11-36)49-32)51-33-23(35-30(43)15(4)16(5)31(35)44)27(48-19(8)39)25(47-18(7)38)21(50-33)12-46-17(6)37/h9,20-27,32-33,36,40H,1,10-12H2,2-8H3/t20-,21-,22-,23-,24-,25-,26-,27-,32-,33+/m1/s1. The smallest absolute Gasteiger partial charge is 0.303 e. The maximum atomic E-state index is 13.7. The second-order valence-electron chi connectivity index (χ2n) is 12.4. The van der Waals surface area contributed by atoms with E-state index in [1.165, 1.54) is 33.8 Å². The van der Waals surface area contributed by atoms with Gasteiger partial charge in [-0.25, -0.2) is 0 Å². The number of ether oxygens (including phenoxy) is 7. The highest BCUT2D eigenvalue weighted by Crippen LogP contribution is 2.39. The van der Waals surface area contributed by atoms with E-state index in [1.54, 1.807) is 0 Å². The normalized spacial score (nSPS) is 32.9. The van der Waals surface area contributed by atoms with Crippen LogP contribution in [-0.2, 0) is 66.7 Å². The molecule has 4 aliphatic rings. The molecule has 280 valence electrons. The van der Waals surface area contributed by atoms with E-state index in [0.717, 1.165) is 25.7 Å². The second-order valence-corrected chi connectivity index (χ2v) is 12.4. The van der Waals surface area contributed by atoms with Gasteiger partial charge in [-0.05, 0) is 27.7 Å². The van der Waals surface area contributed by atoms with Crippen LogP contribution >= 0.6 is 0 Å². The maximum Gasteiger partial charge on any atom is 0.303 e. The Morgan fingerprint density at radius 2 is 1.18 bits per heavy atom. The van der Waals surface area contributed by atoms with Crippen molar-refractivity contribution in [3.05, 3.63) is 34.9 Å². The second kappa shape index (κ2) is 15.9. The fraction of sp³-hybridized carbons (Fsp3) is 0.606. The third-order valence-corrected chi connectivity index (χ3v) is 9.04. The molecule has 51 heavy (non-hydrogen) atoms. The first kappa shape index (κ1) is 39.5. The molecule has 4 aliphatic heterocycles. The molecule has 0 saturated carbocycles. The van der Waals surface area contributed by atoms with Crippen LogP contribution in [0.5, 0.6) is 0 Å².